The van der Waals surface area contributed by atoms with E-state index in [1.54, 1.807) is 37.5 Å². The SMILES string of the molecule is CC(NC(=O)/C=C/c1cccnc1)C(O)c1ccc(F)c(F)c1. The molecule has 4 nitrogen and oxygen atoms in total. The Morgan fingerprint density at radius 3 is 2.74 bits per heavy atom. The third kappa shape index (κ3) is 4.69. The number of aliphatic hydroxyl groups is 1. The second kappa shape index (κ2) is 7.60. The summed E-state index contributed by atoms with van der Waals surface area (Å²) >= 11 is 0. The minimum Gasteiger partial charge on any atom is -0.386 e. The number of pyridine rings is 1. The normalized spacial score (nSPS) is 13.7. The van der Waals surface area contributed by atoms with Crippen molar-refractivity contribution in [3.05, 3.63) is 71.6 Å². The van der Waals surface area contributed by atoms with Gasteiger partial charge in [-0.1, -0.05) is 12.1 Å². The topological polar surface area (TPSA) is 62.2 Å². The van der Waals surface area contributed by atoms with Crippen LogP contribution in [0.25, 0.3) is 6.08 Å². The first-order valence-corrected chi connectivity index (χ1v) is 6.99. The highest BCUT2D eigenvalue weighted by Crippen LogP contribution is 2.19. The molecular weight excluding hydrogens is 302 g/mol. The van der Waals surface area contributed by atoms with Crippen LogP contribution in [0.2, 0.25) is 0 Å². The van der Waals surface area contributed by atoms with Gasteiger partial charge in [-0.25, -0.2) is 8.78 Å². The molecule has 0 saturated carbocycles. The summed E-state index contributed by atoms with van der Waals surface area (Å²) in [6.45, 7) is 1.57. The van der Waals surface area contributed by atoms with Crippen LogP contribution in [0.1, 0.15) is 24.2 Å². The van der Waals surface area contributed by atoms with E-state index < -0.39 is 29.7 Å². The van der Waals surface area contributed by atoms with Crippen LogP contribution in [0, 0.1) is 11.6 Å². The average Bonchev–Trinajstić information content (AvgIpc) is 2.55. The highest BCUT2D eigenvalue weighted by molar-refractivity contribution is 5.91. The maximum absolute atomic E-state index is 13.2. The van der Waals surface area contributed by atoms with Gasteiger partial charge in [0.1, 0.15) is 0 Å². The van der Waals surface area contributed by atoms with Crippen molar-refractivity contribution in [3.63, 3.8) is 0 Å². The molecule has 0 aliphatic carbocycles. The van der Waals surface area contributed by atoms with Gasteiger partial charge in [-0.15, -0.1) is 0 Å². The van der Waals surface area contributed by atoms with Crippen molar-refractivity contribution in [2.45, 2.75) is 19.1 Å². The molecule has 0 aliphatic rings. The number of benzene rings is 1. The van der Waals surface area contributed by atoms with Gasteiger partial charge in [0.15, 0.2) is 11.6 Å². The van der Waals surface area contributed by atoms with Gasteiger partial charge in [0.2, 0.25) is 5.91 Å². The van der Waals surface area contributed by atoms with Gasteiger partial charge in [0.05, 0.1) is 12.1 Å². The van der Waals surface area contributed by atoms with E-state index in [2.05, 4.69) is 10.3 Å². The predicted octanol–water partition coefficient (Wildman–Crippen LogP) is 2.61. The first kappa shape index (κ1) is 16.8. The first-order valence-electron chi connectivity index (χ1n) is 6.99. The Labute approximate surface area is 132 Å². The summed E-state index contributed by atoms with van der Waals surface area (Å²) in [5, 5.41) is 12.7. The van der Waals surface area contributed by atoms with E-state index in [1.807, 2.05) is 0 Å². The molecule has 2 N–H and O–H groups in total. The lowest BCUT2D eigenvalue weighted by molar-refractivity contribution is -0.117. The van der Waals surface area contributed by atoms with E-state index in [9.17, 15) is 18.7 Å². The van der Waals surface area contributed by atoms with E-state index >= 15 is 0 Å². The molecule has 1 amide bonds. The van der Waals surface area contributed by atoms with Crippen molar-refractivity contribution in [1.82, 2.24) is 10.3 Å². The van der Waals surface area contributed by atoms with Gasteiger partial charge in [-0.3, -0.25) is 9.78 Å². The van der Waals surface area contributed by atoms with E-state index in [0.717, 1.165) is 17.7 Å². The molecule has 1 aromatic heterocycles. The van der Waals surface area contributed by atoms with E-state index in [4.69, 9.17) is 0 Å². The van der Waals surface area contributed by atoms with Gasteiger partial charge in [0.25, 0.3) is 0 Å². The van der Waals surface area contributed by atoms with Crippen LogP contribution in [0.4, 0.5) is 8.78 Å². The molecule has 120 valence electrons. The molecule has 0 saturated heterocycles. The van der Waals surface area contributed by atoms with Crippen molar-refractivity contribution in [1.29, 1.82) is 0 Å². The number of carbonyl (C=O) groups excluding carboxylic acids is 1. The molecule has 2 rings (SSSR count). The van der Waals surface area contributed by atoms with Gasteiger partial charge >= 0.3 is 0 Å². The Morgan fingerprint density at radius 2 is 2.09 bits per heavy atom. The minimum atomic E-state index is -1.15. The summed E-state index contributed by atoms with van der Waals surface area (Å²) in [6.07, 6.45) is 4.96. The summed E-state index contributed by atoms with van der Waals surface area (Å²) in [5.74, 6) is -2.45. The Bertz CT molecular complexity index is 705. The monoisotopic (exact) mass is 318 g/mol. The molecule has 23 heavy (non-hydrogen) atoms. The summed E-state index contributed by atoms with van der Waals surface area (Å²) in [5.41, 5.74) is 0.949. The number of halogens is 2. The van der Waals surface area contributed by atoms with E-state index in [-0.39, 0.29) is 5.56 Å². The smallest absolute Gasteiger partial charge is 0.244 e. The van der Waals surface area contributed by atoms with Gasteiger partial charge in [0, 0.05) is 18.5 Å². The van der Waals surface area contributed by atoms with Crippen molar-refractivity contribution in [2.24, 2.45) is 0 Å². The second-order valence-electron chi connectivity index (χ2n) is 5.04. The molecule has 2 atom stereocenters. The highest BCUT2D eigenvalue weighted by atomic mass is 19.2. The molecule has 2 unspecified atom stereocenters. The zero-order valence-electron chi connectivity index (χ0n) is 12.4. The first-order chi connectivity index (χ1) is 11.0. The highest BCUT2D eigenvalue weighted by Gasteiger charge is 2.19. The molecule has 6 heteroatoms. The molecule has 2 aromatic rings. The van der Waals surface area contributed by atoms with Crippen LogP contribution in [-0.2, 0) is 4.79 Å². The Morgan fingerprint density at radius 1 is 1.30 bits per heavy atom. The Kier molecular flexibility index (Phi) is 5.54. The largest absolute Gasteiger partial charge is 0.386 e. The summed E-state index contributed by atoms with van der Waals surface area (Å²) in [6, 6.07) is 5.98. The number of carbonyl (C=O) groups is 1. The molecule has 0 spiro atoms. The van der Waals surface area contributed by atoms with Crippen LogP contribution in [0.5, 0.6) is 0 Å². The predicted molar refractivity (Wildman–Crippen MR) is 82.2 cm³/mol. The van der Waals surface area contributed by atoms with Crippen LogP contribution in [0.15, 0.2) is 48.8 Å². The van der Waals surface area contributed by atoms with Crippen molar-refractivity contribution >= 4 is 12.0 Å². The zero-order chi connectivity index (χ0) is 16.8. The van der Waals surface area contributed by atoms with Crippen LogP contribution >= 0.6 is 0 Å². The average molecular weight is 318 g/mol. The number of nitrogens with zero attached hydrogens (tertiary/aromatic N) is 1. The fourth-order valence-electron chi connectivity index (χ4n) is 1.98. The zero-order valence-corrected chi connectivity index (χ0v) is 12.4. The Hall–Kier alpha value is -2.60. The quantitative estimate of drug-likeness (QED) is 0.833. The van der Waals surface area contributed by atoms with E-state index in [0.29, 0.717) is 0 Å². The van der Waals surface area contributed by atoms with Crippen LogP contribution in [-0.4, -0.2) is 22.0 Å². The molecule has 0 bridgehead atoms. The third-order valence-electron chi connectivity index (χ3n) is 3.24. The van der Waals surface area contributed by atoms with Crippen molar-refractivity contribution < 1.29 is 18.7 Å². The summed E-state index contributed by atoms with van der Waals surface area (Å²) < 4.78 is 26.1. The number of hydrogen-bond donors (Lipinski definition) is 2. The lowest BCUT2D eigenvalue weighted by Gasteiger charge is -2.20. The summed E-state index contributed by atoms with van der Waals surface area (Å²) in [7, 11) is 0. The molecule has 0 radical (unpaired) electrons. The second-order valence-corrected chi connectivity index (χ2v) is 5.04. The van der Waals surface area contributed by atoms with E-state index in [1.165, 1.54) is 12.1 Å². The fraction of sp³-hybridized carbons (Fsp3) is 0.176. The molecule has 0 aliphatic heterocycles. The fourth-order valence-corrected chi connectivity index (χ4v) is 1.98. The van der Waals surface area contributed by atoms with Crippen molar-refractivity contribution in [3.8, 4) is 0 Å². The number of amides is 1. The number of aromatic nitrogens is 1. The number of nitrogens with one attached hydrogen (secondary N) is 1. The number of rotatable bonds is 5. The minimum absolute atomic E-state index is 0.188. The number of aliphatic hydroxyl groups excluding tert-OH is 1. The molecule has 1 heterocycles. The van der Waals surface area contributed by atoms with Gasteiger partial charge in [-0.05, 0) is 42.3 Å². The maximum Gasteiger partial charge on any atom is 0.244 e. The Balaban J connectivity index is 1.97. The lowest BCUT2D eigenvalue weighted by Crippen LogP contribution is -2.36. The van der Waals surface area contributed by atoms with Gasteiger partial charge in [-0.2, -0.15) is 0 Å². The maximum atomic E-state index is 13.2. The summed E-state index contributed by atoms with van der Waals surface area (Å²) in [4.78, 5) is 15.7. The standard InChI is InChI=1S/C17H16F2N2O2/c1-11(17(23)13-5-6-14(18)15(19)9-13)21-16(22)7-4-12-3-2-8-20-10-12/h2-11,17,23H,1H3,(H,21,22)/b7-4+. The van der Waals surface area contributed by atoms with Crippen molar-refractivity contribution in [2.75, 3.05) is 0 Å². The lowest BCUT2D eigenvalue weighted by atomic mass is 10.0. The third-order valence-corrected chi connectivity index (χ3v) is 3.24. The molecule has 1 aromatic carbocycles. The number of hydrogen-bond acceptors (Lipinski definition) is 3. The molecule has 0 fully saturated rings. The van der Waals surface area contributed by atoms with Crippen LogP contribution < -0.4 is 5.32 Å². The van der Waals surface area contributed by atoms with Crippen LogP contribution in [0.3, 0.4) is 0 Å². The molecular formula is C17H16F2N2O2. The van der Waals surface area contributed by atoms with Gasteiger partial charge < -0.3 is 10.4 Å².